The van der Waals surface area contributed by atoms with Crippen LogP contribution in [0.25, 0.3) is 0 Å². The number of hydrogen-bond donors (Lipinski definition) is 0. The maximum Gasteiger partial charge on any atom is 0.303 e. The molecule has 0 saturated heterocycles. The van der Waals surface area contributed by atoms with Crippen LogP contribution in [0.3, 0.4) is 0 Å². The van der Waals surface area contributed by atoms with E-state index in [1.54, 1.807) is 0 Å². The summed E-state index contributed by atoms with van der Waals surface area (Å²) in [5.41, 5.74) is 1.89. The number of carbonyl (C=O) groups is 1. The molecule has 0 aromatic heterocycles. The van der Waals surface area contributed by atoms with Crippen molar-refractivity contribution in [2.45, 2.75) is 72.8 Å². The molecule has 2 aliphatic carbocycles. The summed E-state index contributed by atoms with van der Waals surface area (Å²) in [5, 5.41) is 0. The fourth-order valence-electron chi connectivity index (χ4n) is 4.42. The monoisotopic (exact) mass is 264 g/mol. The molecule has 0 aliphatic heterocycles. The van der Waals surface area contributed by atoms with Crippen LogP contribution in [0.15, 0.2) is 11.6 Å². The van der Waals surface area contributed by atoms with Gasteiger partial charge in [0.1, 0.15) is 6.10 Å². The van der Waals surface area contributed by atoms with Crippen LogP contribution >= 0.6 is 0 Å². The lowest BCUT2D eigenvalue weighted by Crippen LogP contribution is -2.49. The topological polar surface area (TPSA) is 26.3 Å². The van der Waals surface area contributed by atoms with Crippen molar-refractivity contribution in [2.75, 3.05) is 0 Å². The molecule has 0 N–H and O–H groups in total. The Labute approximate surface area is 117 Å². The molecular formula is C17H28O2. The summed E-state index contributed by atoms with van der Waals surface area (Å²) in [6, 6.07) is 0. The van der Waals surface area contributed by atoms with Crippen LogP contribution in [0.5, 0.6) is 0 Å². The van der Waals surface area contributed by atoms with Gasteiger partial charge in [-0.05, 0) is 50.0 Å². The second-order valence-corrected chi connectivity index (χ2v) is 7.58. The van der Waals surface area contributed by atoms with E-state index in [1.807, 2.05) is 0 Å². The van der Waals surface area contributed by atoms with E-state index in [-0.39, 0.29) is 17.5 Å². The van der Waals surface area contributed by atoms with Gasteiger partial charge < -0.3 is 4.74 Å². The summed E-state index contributed by atoms with van der Waals surface area (Å²) in [4.78, 5) is 11.5. The average Bonchev–Trinajstić information content (AvgIpc) is 2.23. The summed E-state index contributed by atoms with van der Waals surface area (Å²) in [6.45, 7) is 10.7. The minimum Gasteiger partial charge on any atom is -0.458 e. The van der Waals surface area contributed by atoms with E-state index in [0.29, 0.717) is 11.3 Å². The molecule has 2 nitrogen and oxygen atoms in total. The number of ether oxygens (including phenoxy) is 1. The van der Waals surface area contributed by atoms with Gasteiger partial charge in [-0.3, -0.25) is 4.79 Å². The Kier molecular flexibility index (Phi) is 3.81. The number of esters is 1. The number of carbonyl (C=O) groups excluding carboxylic acids is 1. The summed E-state index contributed by atoms with van der Waals surface area (Å²) < 4.78 is 5.70. The molecule has 0 heterocycles. The van der Waals surface area contributed by atoms with Crippen molar-refractivity contribution in [3.63, 3.8) is 0 Å². The van der Waals surface area contributed by atoms with Gasteiger partial charge in [0.05, 0.1) is 0 Å². The Balaban J connectivity index is 2.35. The molecule has 1 fully saturated rings. The van der Waals surface area contributed by atoms with E-state index in [2.05, 4.69) is 33.8 Å². The molecule has 2 rings (SSSR count). The first-order chi connectivity index (χ1) is 8.75. The Morgan fingerprint density at radius 1 is 1.37 bits per heavy atom. The van der Waals surface area contributed by atoms with Gasteiger partial charge in [-0.15, -0.1) is 0 Å². The Morgan fingerprint density at radius 3 is 2.63 bits per heavy atom. The van der Waals surface area contributed by atoms with Gasteiger partial charge >= 0.3 is 5.97 Å². The molecule has 3 unspecified atom stereocenters. The molecule has 0 bridgehead atoms. The highest BCUT2D eigenvalue weighted by atomic mass is 16.5. The van der Waals surface area contributed by atoms with E-state index >= 15 is 0 Å². The highest BCUT2D eigenvalue weighted by molar-refractivity contribution is 5.66. The van der Waals surface area contributed by atoms with Crippen molar-refractivity contribution in [1.29, 1.82) is 0 Å². The van der Waals surface area contributed by atoms with Crippen LogP contribution in [0, 0.1) is 16.7 Å². The summed E-state index contributed by atoms with van der Waals surface area (Å²) in [7, 11) is 0. The second kappa shape index (κ2) is 4.96. The normalized spacial score (nSPS) is 37.8. The molecule has 2 aliphatic rings. The van der Waals surface area contributed by atoms with Crippen molar-refractivity contribution in [2.24, 2.45) is 16.7 Å². The lowest BCUT2D eigenvalue weighted by atomic mass is 9.54. The second-order valence-electron chi connectivity index (χ2n) is 7.58. The van der Waals surface area contributed by atoms with E-state index in [0.717, 1.165) is 6.42 Å². The summed E-state index contributed by atoms with van der Waals surface area (Å²) in [5.74, 6) is 0.451. The first-order valence-corrected chi connectivity index (χ1v) is 7.60. The third kappa shape index (κ3) is 2.88. The van der Waals surface area contributed by atoms with Crippen LogP contribution in [0.1, 0.15) is 66.7 Å². The Bertz CT molecular complexity index is 394. The third-order valence-electron chi connectivity index (χ3n) is 5.21. The zero-order valence-corrected chi connectivity index (χ0v) is 13.1. The van der Waals surface area contributed by atoms with E-state index in [1.165, 1.54) is 38.2 Å². The highest BCUT2D eigenvalue weighted by Gasteiger charge is 2.51. The molecule has 0 amide bonds. The number of hydrogen-bond acceptors (Lipinski definition) is 2. The third-order valence-corrected chi connectivity index (χ3v) is 5.21. The first-order valence-electron chi connectivity index (χ1n) is 7.60. The minimum absolute atomic E-state index is 0.0201. The molecular weight excluding hydrogens is 236 g/mol. The van der Waals surface area contributed by atoms with Crippen LogP contribution < -0.4 is 0 Å². The molecule has 3 atom stereocenters. The van der Waals surface area contributed by atoms with Gasteiger partial charge in [0, 0.05) is 12.3 Å². The van der Waals surface area contributed by atoms with E-state index < -0.39 is 0 Å². The van der Waals surface area contributed by atoms with Gasteiger partial charge in [0.2, 0.25) is 0 Å². The highest BCUT2D eigenvalue weighted by Crippen LogP contribution is 2.56. The zero-order valence-electron chi connectivity index (χ0n) is 13.1. The fraction of sp³-hybridized carbons (Fsp3) is 0.824. The standard InChI is InChI=1S/C17H28O2/c1-12-9-13(2)17(15(10-12)19-14(3)18)8-6-7-16(4,5)11-17/h10,13,15H,6-9,11H2,1-5H3. The molecule has 1 spiro atoms. The van der Waals surface area contributed by atoms with Crippen LogP contribution in [-0.4, -0.2) is 12.1 Å². The largest absolute Gasteiger partial charge is 0.458 e. The van der Waals surface area contributed by atoms with E-state index in [4.69, 9.17) is 4.74 Å². The number of rotatable bonds is 1. The maximum absolute atomic E-state index is 11.5. The van der Waals surface area contributed by atoms with Gasteiger partial charge in [-0.1, -0.05) is 32.8 Å². The Hall–Kier alpha value is -0.790. The molecule has 0 aromatic carbocycles. The molecule has 108 valence electrons. The molecule has 2 heteroatoms. The van der Waals surface area contributed by atoms with Crippen molar-refractivity contribution in [1.82, 2.24) is 0 Å². The zero-order chi connectivity index (χ0) is 14.3. The molecule has 0 radical (unpaired) electrons. The lowest BCUT2D eigenvalue weighted by Gasteiger charge is -2.53. The first kappa shape index (κ1) is 14.6. The maximum atomic E-state index is 11.5. The number of allylic oxidation sites excluding steroid dienone is 1. The van der Waals surface area contributed by atoms with Crippen molar-refractivity contribution in [3.05, 3.63) is 11.6 Å². The van der Waals surface area contributed by atoms with Crippen LogP contribution in [0.2, 0.25) is 0 Å². The van der Waals surface area contributed by atoms with Gasteiger partial charge in [-0.25, -0.2) is 0 Å². The van der Waals surface area contributed by atoms with Gasteiger partial charge in [0.15, 0.2) is 0 Å². The lowest BCUT2D eigenvalue weighted by molar-refractivity contribution is -0.158. The molecule has 0 aromatic rings. The Morgan fingerprint density at radius 2 is 2.05 bits per heavy atom. The summed E-state index contributed by atoms with van der Waals surface area (Å²) >= 11 is 0. The smallest absolute Gasteiger partial charge is 0.303 e. The predicted molar refractivity (Wildman–Crippen MR) is 77.8 cm³/mol. The molecule has 19 heavy (non-hydrogen) atoms. The molecule has 1 saturated carbocycles. The van der Waals surface area contributed by atoms with Gasteiger partial charge in [-0.2, -0.15) is 0 Å². The van der Waals surface area contributed by atoms with Crippen LogP contribution in [-0.2, 0) is 9.53 Å². The van der Waals surface area contributed by atoms with Gasteiger partial charge in [0.25, 0.3) is 0 Å². The SMILES string of the molecule is CC(=O)OC1C=C(C)CC(C)C12CCCC(C)(C)C2. The minimum atomic E-state index is -0.147. The predicted octanol–water partition coefficient (Wildman–Crippen LogP) is 4.49. The quantitative estimate of drug-likeness (QED) is 0.515. The van der Waals surface area contributed by atoms with Crippen molar-refractivity contribution >= 4 is 5.97 Å². The van der Waals surface area contributed by atoms with Crippen molar-refractivity contribution < 1.29 is 9.53 Å². The average molecular weight is 264 g/mol. The van der Waals surface area contributed by atoms with E-state index in [9.17, 15) is 4.79 Å². The van der Waals surface area contributed by atoms with Crippen molar-refractivity contribution in [3.8, 4) is 0 Å². The fourth-order valence-corrected chi connectivity index (χ4v) is 4.42. The summed E-state index contributed by atoms with van der Waals surface area (Å²) in [6.07, 6.45) is 8.24. The van der Waals surface area contributed by atoms with Crippen LogP contribution in [0.4, 0.5) is 0 Å².